The second kappa shape index (κ2) is 12.2. The summed E-state index contributed by atoms with van der Waals surface area (Å²) in [6.45, 7) is 5.24. The third-order valence-corrected chi connectivity index (χ3v) is 8.32. The smallest absolute Gasteiger partial charge is 0.335 e. The summed E-state index contributed by atoms with van der Waals surface area (Å²) in [6, 6.07) is 12.9. The molecular weight excluding hydrogens is 528 g/mol. The standard InChI is InChI=1S/C34H36N4O4/c1-23-5-3-7-27-11-9-25(17-31(23)27)15-29-19-37(21-35-29)41-33(39)13-14-34(40)42-38-20-30(36-22-38)16-26-10-12-28-8-4-6-24(2)32(28)18-26/h3-8,13-14,17-18,21-22,29-30H,9-12,15-16,19-20H2,1-2H3/b14-13+. The molecule has 0 radical (unpaired) electrons. The summed E-state index contributed by atoms with van der Waals surface area (Å²) < 4.78 is 0. The van der Waals surface area contributed by atoms with E-state index in [1.165, 1.54) is 54.7 Å². The number of hydrogen-bond donors (Lipinski definition) is 0. The zero-order chi connectivity index (χ0) is 29.1. The van der Waals surface area contributed by atoms with Gasteiger partial charge in [-0.05, 0) is 85.8 Å². The van der Waals surface area contributed by atoms with Gasteiger partial charge >= 0.3 is 11.9 Å². The van der Waals surface area contributed by atoms with Gasteiger partial charge in [0.1, 0.15) is 12.7 Å². The summed E-state index contributed by atoms with van der Waals surface area (Å²) in [4.78, 5) is 44.4. The van der Waals surface area contributed by atoms with Crippen LogP contribution >= 0.6 is 0 Å². The van der Waals surface area contributed by atoms with Gasteiger partial charge in [0.25, 0.3) is 0 Å². The Bertz CT molecular complexity index is 1420. The van der Waals surface area contributed by atoms with Crippen LogP contribution in [0, 0.1) is 13.8 Å². The molecule has 2 atom stereocenters. The molecule has 0 bridgehead atoms. The molecule has 2 unspecified atom stereocenters. The van der Waals surface area contributed by atoms with Crippen LogP contribution in [0.5, 0.6) is 0 Å². The first-order valence-electron chi connectivity index (χ1n) is 14.7. The Labute approximate surface area is 246 Å². The van der Waals surface area contributed by atoms with Gasteiger partial charge in [-0.15, -0.1) is 0 Å². The fourth-order valence-electron chi connectivity index (χ4n) is 6.13. The van der Waals surface area contributed by atoms with Gasteiger partial charge in [0, 0.05) is 12.2 Å². The maximum Gasteiger partial charge on any atom is 0.356 e. The van der Waals surface area contributed by atoms with E-state index in [9.17, 15) is 9.59 Å². The van der Waals surface area contributed by atoms with Crippen LogP contribution in [0.25, 0.3) is 12.2 Å². The van der Waals surface area contributed by atoms with E-state index < -0.39 is 11.9 Å². The van der Waals surface area contributed by atoms with E-state index in [0.717, 1.165) is 50.7 Å². The number of benzene rings is 2. The molecule has 0 saturated carbocycles. The minimum Gasteiger partial charge on any atom is -0.335 e. The topological polar surface area (TPSA) is 83.8 Å². The van der Waals surface area contributed by atoms with Gasteiger partial charge in [0.2, 0.25) is 0 Å². The summed E-state index contributed by atoms with van der Waals surface area (Å²) in [6.07, 6.45) is 15.6. The lowest BCUT2D eigenvalue weighted by Gasteiger charge is -2.20. The van der Waals surface area contributed by atoms with Crippen LogP contribution in [0.15, 0.2) is 69.7 Å². The molecule has 8 nitrogen and oxygen atoms in total. The minimum atomic E-state index is -0.659. The number of aryl methyl sites for hydroxylation is 4. The first-order valence-corrected chi connectivity index (χ1v) is 14.7. The van der Waals surface area contributed by atoms with E-state index in [2.05, 4.69) is 72.4 Å². The van der Waals surface area contributed by atoms with Crippen LogP contribution in [-0.4, -0.2) is 59.9 Å². The average Bonchev–Trinajstić information content (AvgIpc) is 3.61. The van der Waals surface area contributed by atoms with Gasteiger partial charge in [0.05, 0.1) is 25.2 Å². The Morgan fingerprint density at radius 2 is 1.19 bits per heavy atom. The van der Waals surface area contributed by atoms with Crippen molar-refractivity contribution in [2.75, 3.05) is 13.1 Å². The highest BCUT2D eigenvalue weighted by Gasteiger charge is 2.24. The SMILES string of the molecule is Cc1cccc2c1C=C(CC1CN(OC(=O)/C=C/C(=O)ON3C=NC(CC4=Cc5c(C)cccc5CC4)C3)C=N1)CC2. The van der Waals surface area contributed by atoms with Crippen molar-refractivity contribution in [3.05, 3.63) is 93.1 Å². The van der Waals surface area contributed by atoms with Crippen LogP contribution < -0.4 is 0 Å². The zero-order valence-corrected chi connectivity index (χ0v) is 24.2. The minimum absolute atomic E-state index is 0.0223. The highest BCUT2D eigenvalue weighted by molar-refractivity contribution is 5.92. The Morgan fingerprint density at radius 1 is 0.738 bits per heavy atom. The van der Waals surface area contributed by atoms with Crippen molar-refractivity contribution in [3.8, 4) is 0 Å². The van der Waals surface area contributed by atoms with E-state index >= 15 is 0 Å². The second-order valence-electron chi connectivity index (χ2n) is 11.5. The van der Waals surface area contributed by atoms with Crippen molar-refractivity contribution < 1.29 is 19.3 Å². The van der Waals surface area contributed by atoms with Gasteiger partial charge in [-0.3, -0.25) is 9.98 Å². The predicted molar refractivity (Wildman–Crippen MR) is 163 cm³/mol. The summed E-state index contributed by atoms with van der Waals surface area (Å²) in [7, 11) is 0. The number of carbonyl (C=O) groups excluding carboxylic acids is 2. The second-order valence-corrected chi connectivity index (χ2v) is 11.5. The number of carbonyl (C=O) groups is 2. The molecule has 4 aliphatic rings. The molecule has 2 aromatic carbocycles. The molecule has 8 heteroatoms. The van der Waals surface area contributed by atoms with Gasteiger partial charge in [-0.1, -0.05) is 59.7 Å². The van der Waals surface area contributed by atoms with Crippen LogP contribution in [-0.2, 0) is 32.1 Å². The van der Waals surface area contributed by atoms with Gasteiger partial charge in [0.15, 0.2) is 0 Å². The van der Waals surface area contributed by atoms with E-state index in [0.29, 0.717) is 13.1 Å². The number of rotatable bonds is 8. The Kier molecular flexibility index (Phi) is 8.04. The Morgan fingerprint density at radius 3 is 1.64 bits per heavy atom. The van der Waals surface area contributed by atoms with E-state index in [-0.39, 0.29) is 12.1 Å². The van der Waals surface area contributed by atoms with E-state index in [4.69, 9.17) is 9.68 Å². The lowest BCUT2D eigenvalue weighted by atomic mass is 9.87. The number of fused-ring (bicyclic) bond motifs is 2. The highest BCUT2D eigenvalue weighted by Crippen LogP contribution is 2.31. The van der Waals surface area contributed by atoms with Crippen LogP contribution in [0.1, 0.15) is 59.1 Å². The largest absolute Gasteiger partial charge is 0.356 e. The Hall–Kier alpha value is -4.46. The van der Waals surface area contributed by atoms with Crippen molar-refractivity contribution >= 4 is 36.8 Å². The molecule has 2 aromatic rings. The summed E-state index contributed by atoms with van der Waals surface area (Å²) in [5, 5.41) is 2.84. The quantitative estimate of drug-likeness (QED) is 0.403. The van der Waals surface area contributed by atoms with Crippen molar-refractivity contribution in [1.29, 1.82) is 0 Å². The first kappa shape index (κ1) is 27.7. The predicted octanol–water partition coefficient (Wildman–Crippen LogP) is 5.34. The molecule has 6 rings (SSSR count). The van der Waals surface area contributed by atoms with Gasteiger partial charge in [-0.25, -0.2) is 9.59 Å². The number of nitrogens with zero attached hydrogens (tertiary/aromatic N) is 4. The third kappa shape index (κ3) is 6.54. The molecule has 2 aliphatic carbocycles. The van der Waals surface area contributed by atoms with Gasteiger partial charge < -0.3 is 9.68 Å². The maximum atomic E-state index is 12.3. The van der Waals surface area contributed by atoms with Crippen molar-refractivity contribution in [1.82, 2.24) is 10.1 Å². The number of aliphatic imine (C=N–C) groups is 2. The molecule has 0 aromatic heterocycles. The molecule has 2 heterocycles. The molecule has 0 N–H and O–H groups in total. The fourth-order valence-corrected chi connectivity index (χ4v) is 6.13. The molecule has 0 saturated heterocycles. The van der Waals surface area contributed by atoms with Crippen molar-refractivity contribution in [2.45, 2.75) is 64.5 Å². The summed E-state index contributed by atoms with van der Waals surface area (Å²) >= 11 is 0. The molecular formula is C34H36N4O4. The lowest BCUT2D eigenvalue weighted by molar-refractivity contribution is -0.167. The summed E-state index contributed by atoms with van der Waals surface area (Å²) in [5.41, 5.74) is 10.7. The molecule has 216 valence electrons. The van der Waals surface area contributed by atoms with Crippen LogP contribution in [0.2, 0.25) is 0 Å². The molecule has 2 aliphatic heterocycles. The normalized spacial score (nSPS) is 20.8. The van der Waals surface area contributed by atoms with E-state index in [1.54, 1.807) is 12.7 Å². The fraction of sp³-hybridized carbons (Fsp3) is 0.353. The van der Waals surface area contributed by atoms with E-state index in [1.807, 2.05) is 0 Å². The average molecular weight is 565 g/mol. The third-order valence-electron chi connectivity index (χ3n) is 8.32. The molecule has 0 fully saturated rings. The number of hydroxylamine groups is 4. The monoisotopic (exact) mass is 564 g/mol. The van der Waals surface area contributed by atoms with Crippen molar-refractivity contribution in [2.24, 2.45) is 9.98 Å². The summed E-state index contributed by atoms with van der Waals surface area (Å²) in [5.74, 6) is -1.32. The first-order chi connectivity index (χ1) is 20.4. The maximum absolute atomic E-state index is 12.3. The van der Waals surface area contributed by atoms with Crippen LogP contribution in [0.4, 0.5) is 0 Å². The molecule has 42 heavy (non-hydrogen) atoms. The molecule has 0 spiro atoms. The highest BCUT2D eigenvalue weighted by atomic mass is 16.7. The Balaban J connectivity index is 0.921. The number of hydrogen-bond acceptors (Lipinski definition) is 8. The molecule has 0 amide bonds. The van der Waals surface area contributed by atoms with Gasteiger partial charge in [-0.2, -0.15) is 10.1 Å². The lowest BCUT2D eigenvalue weighted by Crippen LogP contribution is -2.27. The van der Waals surface area contributed by atoms with Crippen molar-refractivity contribution in [3.63, 3.8) is 0 Å². The zero-order valence-electron chi connectivity index (χ0n) is 24.2. The van der Waals surface area contributed by atoms with Crippen LogP contribution in [0.3, 0.4) is 0 Å².